The summed E-state index contributed by atoms with van der Waals surface area (Å²) in [6.45, 7) is 5.02. The number of nitro benzene ring substituents is 1. The number of methoxy groups -OCH3 is 1. The summed E-state index contributed by atoms with van der Waals surface area (Å²) in [5, 5.41) is 10.9. The third-order valence-electron chi connectivity index (χ3n) is 2.28. The molecule has 1 unspecified atom stereocenters. The smallest absolute Gasteiger partial charge is 0.351 e. The topological polar surface area (TPSA) is 78.7 Å². The number of para-hydroxylation sites is 1. The summed E-state index contributed by atoms with van der Waals surface area (Å²) < 4.78 is 9.76. The zero-order chi connectivity index (χ0) is 13.7. The lowest BCUT2D eigenvalue weighted by molar-refractivity contribution is -0.386. The van der Waals surface area contributed by atoms with Crippen molar-refractivity contribution in [1.29, 1.82) is 0 Å². The zero-order valence-electron chi connectivity index (χ0n) is 10.1. The number of carbonyl (C=O) groups is 1. The van der Waals surface area contributed by atoms with Crippen LogP contribution in [0.2, 0.25) is 0 Å². The van der Waals surface area contributed by atoms with Crippen LogP contribution >= 0.6 is 0 Å². The SMILES string of the molecule is C=CC(Oc1cccc(C)c1[N+](=O)[O-])C(=O)OC. The van der Waals surface area contributed by atoms with Crippen LogP contribution < -0.4 is 4.74 Å². The van der Waals surface area contributed by atoms with Crippen molar-refractivity contribution in [2.24, 2.45) is 0 Å². The highest BCUT2D eigenvalue weighted by atomic mass is 16.6. The van der Waals surface area contributed by atoms with Gasteiger partial charge in [-0.3, -0.25) is 10.1 Å². The molecule has 0 bridgehead atoms. The number of hydrogen-bond acceptors (Lipinski definition) is 5. The van der Waals surface area contributed by atoms with Gasteiger partial charge >= 0.3 is 11.7 Å². The number of ether oxygens (including phenoxy) is 2. The lowest BCUT2D eigenvalue weighted by atomic mass is 10.2. The molecule has 0 spiro atoms. The van der Waals surface area contributed by atoms with Gasteiger partial charge in [0.25, 0.3) is 0 Å². The van der Waals surface area contributed by atoms with Crippen molar-refractivity contribution < 1.29 is 19.2 Å². The van der Waals surface area contributed by atoms with Crippen LogP contribution in [-0.4, -0.2) is 24.1 Å². The Bertz CT molecular complexity index is 483. The molecule has 0 fully saturated rings. The third-order valence-corrected chi connectivity index (χ3v) is 2.28. The van der Waals surface area contributed by atoms with Crippen LogP contribution in [0.25, 0.3) is 0 Å². The van der Waals surface area contributed by atoms with Crippen molar-refractivity contribution >= 4 is 11.7 Å². The molecule has 1 aromatic rings. The van der Waals surface area contributed by atoms with Crippen molar-refractivity contribution in [2.45, 2.75) is 13.0 Å². The van der Waals surface area contributed by atoms with E-state index in [2.05, 4.69) is 11.3 Å². The number of esters is 1. The number of nitro groups is 1. The van der Waals surface area contributed by atoms with E-state index in [4.69, 9.17) is 4.74 Å². The monoisotopic (exact) mass is 251 g/mol. The molecule has 6 nitrogen and oxygen atoms in total. The number of benzene rings is 1. The van der Waals surface area contributed by atoms with E-state index in [0.717, 1.165) is 0 Å². The van der Waals surface area contributed by atoms with Crippen LogP contribution in [0.5, 0.6) is 5.75 Å². The van der Waals surface area contributed by atoms with Crippen LogP contribution in [0.4, 0.5) is 5.69 Å². The summed E-state index contributed by atoms with van der Waals surface area (Å²) in [5.74, 6) is -0.656. The van der Waals surface area contributed by atoms with Crippen LogP contribution in [-0.2, 0) is 9.53 Å². The molecular weight excluding hydrogens is 238 g/mol. The quantitative estimate of drug-likeness (QED) is 0.346. The first-order chi connectivity index (χ1) is 8.51. The van der Waals surface area contributed by atoms with Gasteiger partial charge in [0.05, 0.1) is 12.0 Å². The highest BCUT2D eigenvalue weighted by Gasteiger charge is 2.24. The summed E-state index contributed by atoms with van der Waals surface area (Å²) in [5.41, 5.74) is 0.276. The Morgan fingerprint density at radius 2 is 2.22 bits per heavy atom. The maximum Gasteiger partial charge on any atom is 0.351 e. The predicted octanol–water partition coefficient (Wildman–Crippen LogP) is 2.01. The number of nitrogens with zero attached hydrogens (tertiary/aromatic N) is 1. The zero-order valence-corrected chi connectivity index (χ0v) is 10.1. The van der Waals surface area contributed by atoms with Gasteiger partial charge in [-0.15, -0.1) is 0 Å². The molecule has 1 aromatic carbocycles. The van der Waals surface area contributed by atoms with Crippen LogP contribution in [0.15, 0.2) is 30.9 Å². The molecule has 0 aliphatic rings. The van der Waals surface area contributed by atoms with E-state index in [0.29, 0.717) is 5.56 Å². The summed E-state index contributed by atoms with van der Waals surface area (Å²) in [4.78, 5) is 21.7. The van der Waals surface area contributed by atoms with Crippen LogP contribution in [0.1, 0.15) is 5.56 Å². The molecule has 0 aliphatic heterocycles. The Morgan fingerprint density at radius 3 is 2.72 bits per heavy atom. The minimum absolute atomic E-state index is 0.00954. The molecular formula is C12H13NO5. The molecule has 1 rings (SSSR count). The summed E-state index contributed by atoms with van der Waals surface area (Å²) in [6.07, 6.45) is 0.147. The van der Waals surface area contributed by atoms with Gasteiger partial charge < -0.3 is 9.47 Å². The van der Waals surface area contributed by atoms with Crippen molar-refractivity contribution in [3.8, 4) is 5.75 Å². The normalized spacial score (nSPS) is 11.4. The summed E-state index contributed by atoms with van der Waals surface area (Å²) in [7, 11) is 1.20. The molecule has 96 valence electrons. The second kappa shape index (κ2) is 5.81. The lowest BCUT2D eigenvalue weighted by Gasteiger charge is -2.13. The largest absolute Gasteiger partial charge is 0.467 e. The number of hydrogen-bond donors (Lipinski definition) is 0. The molecule has 0 N–H and O–H groups in total. The van der Waals surface area contributed by atoms with E-state index in [1.54, 1.807) is 19.1 Å². The third kappa shape index (κ3) is 2.85. The molecule has 0 saturated heterocycles. The van der Waals surface area contributed by atoms with Crippen molar-refractivity contribution in [2.75, 3.05) is 7.11 Å². The second-order valence-electron chi connectivity index (χ2n) is 3.48. The Kier molecular flexibility index (Phi) is 4.42. The Hall–Kier alpha value is -2.37. The van der Waals surface area contributed by atoms with Crippen molar-refractivity contribution in [3.05, 3.63) is 46.5 Å². The minimum atomic E-state index is -1.07. The highest BCUT2D eigenvalue weighted by Crippen LogP contribution is 2.31. The molecule has 0 aliphatic carbocycles. The maximum absolute atomic E-state index is 11.3. The maximum atomic E-state index is 11.3. The molecule has 0 aromatic heterocycles. The van der Waals surface area contributed by atoms with Crippen molar-refractivity contribution in [3.63, 3.8) is 0 Å². The molecule has 6 heteroatoms. The minimum Gasteiger partial charge on any atom is -0.467 e. The van der Waals surface area contributed by atoms with E-state index >= 15 is 0 Å². The standard InChI is InChI=1S/C12H13NO5/c1-4-9(12(14)17-3)18-10-7-5-6-8(2)11(10)13(15)16/h4-7,9H,1H2,2-3H3. The van der Waals surface area contributed by atoms with Gasteiger partial charge in [0.15, 0.2) is 5.75 Å². The Labute approximate surface area is 104 Å². The van der Waals surface area contributed by atoms with Gasteiger partial charge in [-0.25, -0.2) is 4.79 Å². The Balaban J connectivity index is 3.10. The van der Waals surface area contributed by atoms with E-state index < -0.39 is 17.0 Å². The molecule has 1 atom stereocenters. The first kappa shape index (κ1) is 13.7. The van der Waals surface area contributed by atoms with E-state index in [9.17, 15) is 14.9 Å². The van der Waals surface area contributed by atoms with E-state index in [1.165, 1.54) is 19.3 Å². The number of rotatable bonds is 5. The molecule has 0 saturated carbocycles. The summed E-state index contributed by atoms with van der Waals surface area (Å²) in [6, 6.07) is 4.62. The fourth-order valence-electron chi connectivity index (χ4n) is 1.41. The Morgan fingerprint density at radius 1 is 1.56 bits per heavy atom. The van der Waals surface area contributed by atoms with Crippen molar-refractivity contribution in [1.82, 2.24) is 0 Å². The first-order valence-electron chi connectivity index (χ1n) is 5.12. The first-order valence-corrected chi connectivity index (χ1v) is 5.12. The van der Waals surface area contributed by atoms with Gasteiger partial charge in [-0.1, -0.05) is 18.7 Å². The fourth-order valence-corrected chi connectivity index (χ4v) is 1.41. The average Bonchev–Trinajstić information content (AvgIpc) is 2.34. The molecule has 0 radical (unpaired) electrons. The summed E-state index contributed by atoms with van der Waals surface area (Å²) >= 11 is 0. The van der Waals surface area contributed by atoms with Crippen LogP contribution in [0.3, 0.4) is 0 Å². The second-order valence-corrected chi connectivity index (χ2v) is 3.48. The number of aryl methyl sites for hydroxylation is 1. The predicted molar refractivity (Wildman–Crippen MR) is 64.5 cm³/mol. The van der Waals surface area contributed by atoms with Gasteiger partial charge in [0.2, 0.25) is 6.10 Å². The van der Waals surface area contributed by atoms with Gasteiger partial charge in [0, 0.05) is 5.56 Å². The molecule has 0 amide bonds. The van der Waals surface area contributed by atoms with Crippen LogP contribution in [0, 0.1) is 17.0 Å². The highest BCUT2D eigenvalue weighted by molar-refractivity contribution is 5.77. The molecule has 18 heavy (non-hydrogen) atoms. The molecule has 0 heterocycles. The van der Waals surface area contributed by atoms with Gasteiger partial charge in [0.1, 0.15) is 0 Å². The van der Waals surface area contributed by atoms with E-state index in [-0.39, 0.29) is 11.4 Å². The number of carbonyl (C=O) groups excluding carboxylic acids is 1. The van der Waals surface area contributed by atoms with Gasteiger partial charge in [-0.2, -0.15) is 0 Å². The average molecular weight is 251 g/mol. The lowest BCUT2D eigenvalue weighted by Crippen LogP contribution is -2.26. The van der Waals surface area contributed by atoms with Gasteiger partial charge in [-0.05, 0) is 19.1 Å². The fraction of sp³-hybridized carbons (Fsp3) is 0.250. The van der Waals surface area contributed by atoms with E-state index in [1.807, 2.05) is 0 Å².